The molecular weight excluding hydrogens is 331 g/mol. The Morgan fingerprint density at radius 1 is 1.12 bits per heavy atom. The lowest BCUT2D eigenvalue weighted by Gasteiger charge is -2.05. The molecule has 0 atom stereocenters. The van der Waals surface area contributed by atoms with Crippen molar-refractivity contribution < 1.29 is 4.39 Å². The summed E-state index contributed by atoms with van der Waals surface area (Å²) in [5.41, 5.74) is 1.02. The Balaban J connectivity index is 2.04. The smallest absolute Gasteiger partial charge is 0.316 e. The first kappa shape index (κ1) is 16.5. The van der Waals surface area contributed by atoms with Gasteiger partial charge in [0.2, 0.25) is 0 Å². The molecule has 0 spiro atoms. The van der Waals surface area contributed by atoms with Crippen LogP contribution in [-0.4, -0.2) is 18.7 Å². The number of thioether (sulfide) groups is 1. The minimum Gasteiger partial charge on any atom is -0.316 e. The maximum atomic E-state index is 13.0. The van der Waals surface area contributed by atoms with Crippen molar-refractivity contribution in [1.29, 1.82) is 0 Å². The first-order valence-electron chi connectivity index (χ1n) is 7.47. The molecule has 126 valence electrons. The summed E-state index contributed by atoms with van der Waals surface area (Å²) >= 11 is 1.43. The Hall–Kier alpha value is -2.35. The third-order valence-electron chi connectivity index (χ3n) is 3.92. The molecule has 2 aromatic heterocycles. The third-order valence-corrected chi connectivity index (χ3v) is 5.02. The van der Waals surface area contributed by atoms with Crippen molar-refractivity contribution >= 4 is 22.9 Å². The highest BCUT2D eigenvalue weighted by molar-refractivity contribution is 7.98. The molecule has 0 fully saturated rings. The van der Waals surface area contributed by atoms with E-state index < -0.39 is 0 Å². The molecule has 0 radical (unpaired) electrons. The van der Waals surface area contributed by atoms with Crippen LogP contribution in [0.25, 0.3) is 11.2 Å². The van der Waals surface area contributed by atoms with E-state index in [1.165, 1.54) is 33.0 Å². The fourth-order valence-corrected chi connectivity index (χ4v) is 3.48. The number of hydrogen-bond donors (Lipinski definition) is 0. The Morgan fingerprint density at radius 2 is 1.79 bits per heavy atom. The van der Waals surface area contributed by atoms with Crippen LogP contribution in [0.5, 0.6) is 0 Å². The van der Waals surface area contributed by atoms with E-state index in [9.17, 15) is 14.0 Å². The number of halogens is 1. The van der Waals surface area contributed by atoms with Crippen molar-refractivity contribution in [2.24, 2.45) is 14.1 Å². The van der Waals surface area contributed by atoms with Gasteiger partial charge >= 0.3 is 5.69 Å². The normalized spacial score (nSPS) is 11.3. The predicted molar refractivity (Wildman–Crippen MR) is 91.9 cm³/mol. The summed E-state index contributed by atoms with van der Waals surface area (Å²) in [6.07, 6.45) is 0. The summed E-state index contributed by atoms with van der Waals surface area (Å²) < 4.78 is 17.2. The quantitative estimate of drug-likeness (QED) is 0.676. The Labute approximate surface area is 141 Å². The van der Waals surface area contributed by atoms with Crippen LogP contribution in [0, 0.1) is 5.82 Å². The lowest BCUT2D eigenvalue weighted by molar-refractivity contribution is 0.627. The van der Waals surface area contributed by atoms with Gasteiger partial charge in [0.25, 0.3) is 5.56 Å². The van der Waals surface area contributed by atoms with Crippen LogP contribution < -0.4 is 11.2 Å². The molecule has 0 aliphatic rings. The molecule has 0 saturated heterocycles. The second kappa shape index (κ2) is 6.27. The van der Waals surface area contributed by atoms with Crippen molar-refractivity contribution in [1.82, 2.24) is 18.7 Å². The Bertz CT molecular complexity index is 1020. The molecule has 3 rings (SSSR count). The van der Waals surface area contributed by atoms with Crippen LogP contribution in [-0.2, 0) is 26.4 Å². The van der Waals surface area contributed by atoms with Crippen molar-refractivity contribution in [3.8, 4) is 0 Å². The minimum atomic E-state index is -0.372. The van der Waals surface area contributed by atoms with E-state index >= 15 is 0 Å². The average Bonchev–Trinajstić information content (AvgIpc) is 2.90. The summed E-state index contributed by atoms with van der Waals surface area (Å²) in [5.74, 6) is 0.314. The van der Waals surface area contributed by atoms with Gasteiger partial charge in [0.05, 0.1) is 0 Å². The monoisotopic (exact) mass is 348 g/mol. The van der Waals surface area contributed by atoms with E-state index in [-0.39, 0.29) is 17.1 Å². The van der Waals surface area contributed by atoms with Gasteiger partial charge < -0.3 is 4.57 Å². The highest BCUT2D eigenvalue weighted by Gasteiger charge is 2.17. The van der Waals surface area contributed by atoms with E-state index in [0.29, 0.717) is 28.6 Å². The average molecular weight is 348 g/mol. The molecule has 24 heavy (non-hydrogen) atoms. The van der Waals surface area contributed by atoms with Gasteiger partial charge in [0.15, 0.2) is 16.3 Å². The van der Waals surface area contributed by atoms with Crippen LogP contribution in [0.2, 0.25) is 0 Å². The number of hydrogen-bond acceptors (Lipinski definition) is 4. The van der Waals surface area contributed by atoms with Gasteiger partial charge in [-0.1, -0.05) is 23.9 Å². The highest BCUT2D eigenvalue weighted by atomic mass is 32.2. The van der Waals surface area contributed by atoms with Gasteiger partial charge in [0, 0.05) is 26.4 Å². The lowest BCUT2D eigenvalue weighted by atomic mass is 10.2. The summed E-state index contributed by atoms with van der Waals surface area (Å²) in [7, 11) is 3.37. The Morgan fingerprint density at radius 3 is 2.42 bits per heavy atom. The van der Waals surface area contributed by atoms with Crippen LogP contribution in [0.3, 0.4) is 0 Å². The molecule has 0 aliphatic heterocycles. The molecular formula is C16H17FN4O2S. The maximum Gasteiger partial charge on any atom is 0.332 e. The van der Waals surface area contributed by atoms with Crippen LogP contribution in [0.1, 0.15) is 12.5 Å². The molecule has 1 aromatic carbocycles. The number of benzene rings is 1. The van der Waals surface area contributed by atoms with Gasteiger partial charge in [-0.15, -0.1) is 0 Å². The van der Waals surface area contributed by atoms with Gasteiger partial charge in [-0.05, 0) is 24.6 Å². The van der Waals surface area contributed by atoms with E-state index in [2.05, 4.69) is 4.98 Å². The number of rotatable bonds is 4. The summed E-state index contributed by atoms with van der Waals surface area (Å²) in [6, 6.07) is 6.25. The van der Waals surface area contributed by atoms with Gasteiger partial charge in [-0.3, -0.25) is 13.9 Å². The van der Waals surface area contributed by atoms with E-state index in [4.69, 9.17) is 0 Å². The Kier molecular flexibility index (Phi) is 4.31. The maximum absolute atomic E-state index is 13.0. The minimum absolute atomic E-state index is 0.276. The number of aromatic nitrogens is 4. The van der Waals surface area contributed by atoms with E-state index in [1.54, 1.807) is 37.7 Å². The number of nitrogens with zero attached hydrogens (tertiary/aromatic N) is 4. The molecule has 8 heteroatoms. The van der Waals surface area contributed by atoms with Crippen molar-refractivity contribution in [2.75, 3.05) is 0 Å². The molecule has 6 nitrogen and oxygen atoms in total. The zero-order chi connectivity index (χ0) is 17.4. The third kappa shape index (κ3) is 2.66. The van der Waals surface area contributed by atoms with Gasteiger partial charge in [0.1, 0.15) is 5.82 Å². The molecule has 0 amide bonds. The molecule has 0 N–H and O–H groups in total. The van der Waals surface area contributed by atoms with Crippen molar-refractivity contribution in [2.45, 2.75) is 24.4 Å². The van der Waals surface area contributed by atoms with Crippen molar-refractivity contribution in [3.63, 3.8) is 0 Å². The zero-order valence-corrected chi connectivity index (χ0v) is 14.4. The van der Waals surface area contributed by atoms with Crippen molar-refractivity contribution in [3.05, 3.63) is 56.5 Å². The second-order valence-corrected chi connectivity index (χ2v) is 6.37. The summed E-state index contributed by atoms with van der Waals surface area (Å²) in [6.45, 7) is 2.07. The number of aryl methyl sites for hydroxylation is 2. The van der Waals surface area contributed by atoms with Crippen LogP contribution in [0.15, 0.2) is 39.0 Å². The zero-order valence-electron chi connectivity index (χ0n) is 13.6. The lowest BCUT2D eigenvalue weighted by Crippen LogP contribution is -2.39. The standard InChI is InChI=1S/C16H17FN4O2S/c1-4-21-14(22)12-13(20(3)16(21)23)18-15(19(12)2)24-9-10-5-7-11(17)8-6-10/h5-8H,4,9H2,1-3H3. The number of fused-ring (bicyclic) bond motifs is 1. The van der Waals surface area contributed by atoms with Crippen LogP contribution in [0.4, 0.5) is 4.39 Å². The first-order chi connectivity index (χ1) is 11.4. The molecule has 2 heterocycles. The summed E-state index contributed by atoms with van der Waals surface area (Å²) in [5, 5.41) is 0.635. The van der Waals surface area contributed by atoms with Crippen LogP contribution >= 0.6 is 11.8 Å². The molecule has 0 aliphatic carbocycles. The first-order valence-corrected chi connectivity index (χ1v) is 8.46. The molecule has 0 unspecified atom stereocenters. The fraction of sp³-hybridized carbons (Fsp3) is 0.312. The van der Waals surface area contributed by atoms with Gasteiger partial charge in [-0.25, -0.2) is 14.2 Å². The van der Waals surface area contributed by atoms with Gasteiger partial charge in [-0.2, -0.15) is 0 Å². The molecule has 0 bridgehead atoms. The van der Waals surface area contributed by atoms with E-state index in [1.807, 2.05) is 0 Å². The fourth-order valence-electron chi connectivity index (χ4n) is 2.56. The molecule has 0 saturated carbocycles. The second-order valence-electron chi connectivity index (χ2n) is 5.43. The largest absolute Gasteiger partial charge is 0.332 e. The molecule has 3 aromatic rings. The predicted octanol–water partition coefficient (Wildman–Crippen LogP) is 1.88. The SMILES string of the molecule is CCn1c(=O)c2c(nc(SCc3ccc(F)cc3)n2C)n(C)c1=O. The summed E-state index contributed by atoms with van der Waals surface area (Å²) in [4.78, 5) is 29.2. The number of imidazole rings is 1. The topological polar surface area (TPSA) is 61.8 Å². The highest BCUT2D eigenvalue weighted by Crippen LogP contribution is 2.24. The van der Waals surface area contributed by atoms with E-state index in [0.717, 1.165) is 5.56 Å².